The highest BCUT2D eigenvalue weighted by molar-refractivity contribution is 7.91. The molecule has 12 heteroatoms. The molecule has 3 atom stereocenters. The maximum absolute atomic E-state index is 13.8. The number of nitrogens with two attached hydrogens (primary N) is 1. The Labute approximate surface area is 247 Å². The van der Waals surface area contributed by atoms with Crippen LogP contribution in [0.3, 0.4) is 0 Å². The highest BCUT2D eigenvalue weighted by Crippen LogP contribution is 2.14. The normalized spacial score (nSPS) is 13.8. The Morgan fingerprint density at radius 2 is 1.71 bits per heavy atom. The number of halogens is 2. The van der Waals surface area contributed by atoms with Crippen molar-refractivity contribution >= 4 is 21.8 Å². The van der Waals surface area contributed by atoms with Crippen molar-refractivity contribution in [2.24, 2.45) is 11.7 Å². The monoisotopic (exact) mass is 611 g/mol. The number of carbonyl (C=O) groups is 2. The third kappa shape index (κ3) is 12.8. The van der Waals surface area contributed by atoms with Crippen molar-refractivity contribution in [1.29, 1.82) is 0 Å². The summed E-state index contributed by atoms with van der Waals surface area (Å²) in [5.74, 6) is -2.91. The zero-order valence-corrected chi connectivity index (χ0v) is 25.3. The van der Waals surface area contributed by atoms with E-state index in [4.69, 9.17) is 10.5 Å². The summed E-state index contributed by atoms with van der Waals surface area (Å²) in [6.07, 6.45) is -0.791. The number of ether oxygens (including phenoxy) is 1. The number of sulfone groups is 1. The van der Waals surface area contributed by atoms with E-state index in [1.165, 1.54) is 4.90 Å². The van der Waals surface area contributed by atoms with Crippen LogP contribution in [-0.2, 0) is 32.4 Å². The zero-order valence-electron chi connectivity index (χ0n) is 24.5. The number of nitrogens with zero attached hydrogens (tertiary/aromatic N) is 1. The van der Waals surface area contributed by atoms with E-state index in [1.54, 1.807) is 24.3 Å². The van der Waals surface area contributed by atoms with Gasteiger partial charge in [-0.05, 0) is 48.4 Å². The summed E-state index contributed by atoms with van der Waals surface area (Å²) in [6.45, 7) is 5.51. The number of nitrogens with one attached hydrogen (secondary N) is 1. The Bertz CT molecular complexity index is 1230. The Hall–Kier alpha value is -3.09. The van der Waals surface area contributed by atoms with Crippen LogP contribution in [-0.4, -0.2) is 73.2 Å². The lowest BCUT2D eigenvalue weighted by molar-refractivity contribution is -0.134. The van der Waals surface area contributed by atoms with Gasteiger partial charge >= 0.3 is 6.09 Å². The molecule has 0 aliphatic rings. The van der Waals surface area contributed by atoms with E-state index in [2.05, 4.69) is 5.32 Å². The summed E-state index contributed by atoms with van der Waals surface area (Å²) in [5, 5.41) is 13.3. The topological polar surface area (TPSA) is 139 Å². The average Bonchev–Trinajstić information content (AvgIpc) is 2.92. The minimum Gasteiger partial charge on any atom is -0.445 e. The molecule has 2 aromatic carbocycles. The van der Waals surface area contributed by atoms with Crippen LogP contribution in [0.2, 0.25) is 0 Å². The molecular weight excluding hydrogens is 568 g/mol. The molecule has 0 spiro atoms. The number of carbonyl (C=O) groups excluding carboxylic acids is 2. The number of aliphatic hydroxyl groups is 1. The van der Waals surface area contributed by atoms with E-state index in [0.29, 0.717) is 24.8 Å². The molecule has 0 unspecified atom stereocenters. The molecule has 234 valence electrons. The molecule has 0 bridgehead atoms. The van der Waals surface area contributed by atoms with Gasteiger partial charge in [0.05, 0.1) is 17.6 Å². The van der Waals surface area contributed by atoms with E-state index in [1.807, 2.05) is 26.8 Å². The molecule has 0 radical (unpaired) electrons. The number of hydrogen-bond acceptors (Lipinski definition) is 7. The second-order valence-corrected chi connectivity index (χ2v) is 13.1. The quantitative estimate of drug-likeness (QED) is 0.249. The SMILES string of the molecule is CCCCS(=O)(=O)C[C@@H](NC(=O)OCc1ccccc1)C(=O)N(CCC(C)C)C[C@@H](O)[C@@H](N)Cc1cc(F)cc(F)c1. The van der Waals surface area contributed by atoms with Gasteiger partial charge in [0.1, 0.15) is 24.3 Å². The maximum Gasteiger partial charge on any atom is 0.408 e. The lowest BCUT2D eigenvalue weighted by Gasteiger charge is -2.31. The molecule has 4 N–H and O–H groups in total. The van der Waals surface area contributed by atoms with Crippen LogP contribution in [0.1, 0.15) is 51.2 Å². The number of rotatable bonds is 17. The van der Waals surface area contributed by atoms with Crippen LogP contribution < -0.4 is 11.1 Å². The predicted octanol–water partition coefficient (Wildman–Crippen LogP) is 3.58. The first kappa shape index (κ1) is 35.1. The Balaban J connectivity index is 2.23. The Morgan fingerprint density at radius 1 is 1.07 bits per heavy atom. The van der Waals surface area contributed by atoms with Gasteiger partial charge in [0.15, 0.2) is 9.84 Å². The average molecular weight is 612 g/mol. The molecule has 2 aromatic rings. The van der Waals surface area contributed by atoms with Gasteiger partial charge in [0, 0.05) is 25.2 Å². The summed E-state index contributed by atoms with van der Waals surface area (Å²) in [5.41, 5.74) is 7.09. The van der Waals surface area contributed by atoms with Crippen molar-refractivity contribution in [3.63, 3.8) is 0 Å². The van der Waals surface area contributed by atoms with Gasteiger partial charge in [-0.2, -0.15) is 0 Å². The number of hydrogen-bond donors (Lipinski definition) is 3. The van der Waals surface area contributed by atoms with Crippen LogP contribution in [0.15, 0.2) is 48.5 Å². The third-order valence-corrected chi connectivity index (χ3v) is 8.37. The van der Waals surface area contributed by atoms with Gasteiger partial charge in [-0.3, -0.25) is 4.79 Å². The number of aliphatic hydroxyl groups excluding tert-OH is 1. The fourth-order valence-electron chi connectivity index (χ4n) is 4.21. The van der Waals surface area contributed by atoms with Crippen LogP contribution in [0, 0.1) is 17.6 Å². The molecule has 0 aromatic heterocycles. The minimum atomic E-state index is -3.74. The summed E-state index contributed by atoms with van der Waals surface area (Å²) < 4.78 is 58.2. The van der Waals surface area contributed by atoms with Crippen LogP contribution in [0.4, 0.5) is 13.6 Å². The molecule has 9 nitrogen and oxygen atoms in total. The highest BCUT2D eigenvalue weighted by Gasteiger charge is 2.33. The first-order valence-corrected chi connectivity index (χ1v) is 16.0. The van der Waals surface area contributed by atoms with Crippen LogP contribution in [0.25, 0.3) is 0 Å². The van der Waals surface area contributed by atoms with Crippen molar-refractivity contribution in [1.82, 2.24) is 10.2 Å². The van der Waals surface area contributed by atoms with Gasteiger partial charge in [-0.1, -0.05) is 57.5 Å². The van der Waals surface area contributed by atoms with Crippen molar-refractivity contribution in [2.45, 2.75) is 71.2 Å². The number of alkyl carbamates (subject to hydrolysis) is 1. The lowest BCUT2D eigenvalue weighted by atomic mass is 10.0. The van der Waals surface area contributed by atoms with Crippen molar-refractivity contribution in [3.05, 3.63) is 71.3 Å². The lowest BCUT2D eigenvalue weighted by Crippen LogP contribution is -2.55. The first-order valence-electron chi connectivity index (χ1n) is 14.1. The van der Waals surface area contributed by atoms with E-state index >= 15 is 0 Å². The van der Waals surface area contributed by atoms with E-state index in [0.717, 1.165) is 18.2 Å². The zero-order chi connectivity index (χ0) is 31.3. The number of unbranched alkanes of at least 4 members (excludes halogenated alkanes) is 1. The molecule has 0 aliphatic carbocycles. The summed E-state index contributed by atoms with van der Waals surface area (Å²) in [7, 11) is -3.74. The van der Waals surface area contributed by atoms with Gasteiger partial charge < -0.3 is 25.8 Å². The molecule has 0 saturated carbocycles. The fraction of sp³-hybridized carbons (Fsp3) is 0.533. The molecule has 0 heterocycles. The largest absolute Gasteiger partial charge is 0.445 e. The van der Waals surface area contributed by atoms with E-state index < -0.39 is 57.4 Å². The summed E-state index contributed by atoms with van der Waals surface area (Å²) >= 11 is 0. The predicted molar refractivity (Wildman–Crippen MR) is 157 cm³/mol. The molecule has 2 amide bonds. The van der Waals surface area contributed by atoms with Gasteiger partial charge in [0.25, 0.3) is 0 Å². The van der Waals surface area contributed by atoms with Crippen LogP contribution >= 0.6 is 0 Å². The maximum atomic E-state index is 13.8. The number of amides is 2. The Kier molecular flexibility index (Phi) is 14.3. The molecule has 2 rings (SSSR count). The highest BCUT2D eigenvalue weighted by atomic mass is 32.2. The molecule has 0 saturated heterocycles. The molecule has 0 fully saturated rings. The van der Waals surface area contributed by atoms with E-state index in [-0.39, 0.29) is 43.4 Å². The summed E-state index contributed by atoms with van der Waals surface area (Å²) in [4.78, 5) is 27.7. The Morgan fingerprint density at radius 3 is 2.31 bits per heavy atom. The van der Waals surface area contributed by atoms with Crippen molar-refractivity contribution in [2.75, 3.05) is 24.6 Å². The standard InChI is InChI=1S/C30H43F2N3O6S/c1-4-5-13-42(39,40)20-27(34-30(38)41-19-22-9-7-6-8-10-22)29(37)35(12-11-21(2)3)18-28(36)26(33)16-23-14-24(31)17-25(32)15-23/h6-10,14-15,17,21,26-28,36H,4-5,11-13,16,18-20,33H2,1-3H3,(H,34,38)/t26-,27+,28+/m0/s1. The van der Waals surface area contributed by atoms with Gasteiger partial charge in [-0.25, -0.2) is 22.0 Å². The van der Waals surface area contributed by atoms with Crippen molar-refractivity contribution < 1.29 is 36.6 Å². The van der Waals surface area contributed by atoms with Gasteiger partial charge in [-0.15, -0.1) is 0 Å². The molecular formula is C30H43F2N3O6S. The third-order valence-electron chi connectivity index (χ3n) is 6.62. The summed E-state index contributed by atoms with van der Waals surface area (Å²) in [6, 6.07) is 9.35. The second kappa shape index (κ2) is 17.1. The van der Waals surface area contributed by atoms with E-state index in [9.17, 15) is 31.9 Å². The molecule has 0 aliphatic heterocycles. The first-order chi connectivity index (χ1) is 19.8. The minimum absolute atomic E-state index is 0.0685. The smallest absolute Gasteiger partial charge is 0.408 e. The second-order valence-electron chi connectivity index (χ2n) is 10.9. The number of benzene rings is 2. The molecule has 42 heavy (non-hydrogen) atoms. The fourth-order valence-corrected chi connectivity index (χ4v) is 5.84. The van der Waals surface area contributed by atoms with Crippen molar-refractivity contribution in [3.8, 4) is 0 Å². The van der Waals surface area contributed by atoms with Gasteiger partial charge in [0.2, 0.25) is 5.91 Å². The van der Waals surface area contributed by atoms with Crippen LogP contribution in [0.5, 0.6) is 0 Å².